The zero-order valence-corrected chi connectivity index (χ0v) is 15.1. The van der Waals surface area contributed by atoms with Gasteiger partial charge in [0.05, 0.1) is 11.0 Å². The number of likely N-dealkylation sites (tertiary alicyclic amines) is 1. The predicted octanol–water partition coefficient (Wildman–Crippen LogP) is 1.77. The first-order chi connectivity index (χ1) is 12.5. The Balaban J connectivity index is 1.59. The molecule has 6 rings (SSSR count). The topological polar surface area (TPSA) is 70.0 Å². The number of ether oxygens (including phenoxy) is 1. The van der Waals surface area contributed by atoms with Crippen molar-refractivity contribution < 1.29 is 19.7 Å². The second-order valence-corrected chi connectivity index (χ2v) is 9.26. The molecule has 5 heteroatoms. The van der Waals surface area contributed by atoms with Crippen LogP contribution < -0.4 is 4.74 Å². The molecule has 2 N–H and O–H groups in total. The monoisotopic (exact) mass is 355 g/mol. The van der Waals surface area contributed by atoms with Crippen LogP contribution in [0.15, 0.2) is 12.1 Å². The Morgan fingerprint density at radius 3 is 2.92 bits per heavy atom. The summed E-state index contributed by atoms with van der Waals surface area (Å²) in [5, 5.41) is 22.5. The number of nitrogens with zero attached hydrogens (tertiary/aromatic N) is 1. The number of carbonyl (C=O) groups is 1. The second kappa shape index (κ2) is 4.63. The first-order valence-corrected chi connectivity index (χ1v) is 9.98. The van der Waals surface area contributed by atoms with Gasteiger partial charge in [0.15, 0.2) is 23.4 Å². The summed E-state index contributed by atoms with van der Waals surface area (Å²) in [5.41, 5.74) is 0.401. The van der Waals surface area contributed by atoms with Gasteiger partial charge in [0.25, 0.3) is 0 Å². The van der Waals surface area contributed by atoms with Crippen molar-refractivity contribution in [3.8, 4) is 11.5 Å². The molecule has 3 fully saturated rings. The van der Waals surface area contributed by atoms with Gasteiger partial charge in [-0.1, -0.05) is 13.0 Å². The Morgan fingerprint density at radius 1 is 1.35 bits per heavy atom. The van der Waals surface area contributed by atoms with E-state index in [4.69, 9.17) is 4.74 Å². The molecule has 0 radical (unpaired) electrons. The van der Waals surface area contributed by atoms with Gasteiger partial charge in [-0.2, -0.15) is 0 Å². The Bertz CT molecular complexity index is 834. The van der Waals surface area contributed by atoms with E-state index in [2.05, 4.69) is 4.90 Å². The highest BCUT2D eigenvalue weighted by Gasteiger charge is 2.74. The van der Waals surface area contributed by atoms with Crippen molar-refractivity contribution in [3.63, 3.8) is 0 Å². The van der Waals surface area contributed by atoms with E-state index < -0.39 is 17.1 Å². The summed E-state index contributed by atoms with van der Waals surface area (Å²) in [6.45, 7) is 3.85. The first-order valence-electron chi connectivity index (χ1n) is 9.98. The third-order valence-corrected chi connectivity index (χ3v) is 7.87. The number of aromatic hydroxyl groups is 1. The highest BCUT2D eigenvalue weighted by atomic mass is 16.5. The SMILES string of the molecule is C[C@H]1CC2(O)[C@H]3Cc4ccc(O)c5c4[C@@]2(CCN3CC2CC2)[C@@H](O5)C1=O. The molecule has 0 amide bonds. The Kier molecular flexibility index (Phi) is 2.75. The molecule has 5 aliphatic rings. The molecule has 2 heterocycles. The lowest BCUT2D eigenvalue weighted by atomic mass is 9.47. The number of piperidine rings is 1. The molecular formula is C21H25NO4. The third kappa shape index (κ3) is 1.59. The second-order valence-electron chi connectivity index (χ2n) is 9.26. The van der Waals surface area contributed by atoms with E-state index in [1.807, 2.05) is 13.0 Å². The van der Waals surface area contributed by atoms with E-state index in [1.54, 1.807) is 6.07 Å². The zero-order chi connectivity index (χ0) is 17.8. The highest BCUT2D eigenvalue weighted by Crippen LogP contribution is 2.65. The van der Waals surface area contributed by atoms with E-state index in [1.165, 1.54) is 12.8 Å². The van der Waals surface area contributed by atoms with Gasteiger partial charge in [-0.05, 0) is 56.2 Å². The smallest absolute Gasteiger partial charge is 0.177 e. The van der Waals surface area contributed by atoms with Crippen LogP contribution in [0.1, 0.15) is 43.7 Å². The molecule has 5 atom stereocenters. The summed E-state index contributed by atoms with van der Waals surface area (Å²) in [6.07, 6.45) is 3.91. The van der Waals surface area contributed by atoms with Crippen LogP contribution in [0.25, 0.3) is 0 Å². The molecule has 1 saturated heterocycles. The van der Waals surface area contributed by atoms with Crippen LogP contribution in [-0.2, 0) is 16.6 Å². The van der Waals surface area contributed by atoms with E-state index in [-0.39, 0.29) is 23.5 Å². The van der Waals surface area contributed by atoms with E-state index in [0.717, 1.165) is 43.0 Å². The van der Waals surface area contributed by atoms with Crippen molar-refractivity contribution >= 4 is 5.78 Å². The fraction of sp³-hybridized carbons (Fsp3) is 0.667. The van der Waals surface area contributed by atoms with Gasteiger partial charge in [0.2, 0.25) is 0 Å². The van der Waals surface area contributed by atoms with Gasteiger partial charge in [0, 0.05) is 24.1 Å². The number of phenolic OH excluding ortho intramolecular Hbond substituents is 1. The molecule has 1 aromatic carbocycles. The van der Waals surface area contributed by atoms with E-state index >= 15 is 0 Å². The normalized spacial score (nSPS) is 43.2. The largest absolute Gasteiger partial charge is 0.504 e. The summed E-state index contributed by atoms with van der Waals surface area (Å²) in [6, 6.07) is 3.68. The lowest BCUT2D eigenvalue weighted by Crippen LogP contribution is -2.77. The summed E-state index contributed by atoms with van der Waals surface area (Å²) in [5.74, 6) is 1.16. The maximum absolute atomic E-state index is 13.0. The number of Topliss-reactive ketones (excluding diaryl/α,β-unsaturated/α-hetero) is 1. The minimum Gasteiger partial charge on any atom is -0.504 e. The van der Waals surface area contributed by atoms with Crippen LogP contribution in [0, 0.1) is 11.8 Å². The van der Waals surface area contributed by atoms with Crippen LogP contribution in [-0.4, -0.2) is 51.7 Å². The zero-order valence-electron chi connectivity index (χ0n) is 15.1. The van der Waals surface area contributed by atoms with Crippen molar-refractivity contribution in [2.75, 3.05) is 13.1 Å². The maximum atomic E-state index is 13.0. The summed E-state index contributed by atoms with van der Waals surface area (Å²) in [4.78, 5) is 15.5. The minimum absolute atomic E-state index is 0.0292. The number of rotatable bonds is 2. The van der Waals surface area contributed by atoms with Gasteiger partial charge in [-0.25, -0.2) is 0 Å². The quantitative estimate of drug-likeness (QED) is 0.846. The van der Waals surface area contributed by atoms with Crippen LogP contribution >= 0.6 is 0 Å². The Labute approximate surface area is 152 Å². The predicted molar refractivity (Wildman–Crippen MR) is 94.3 cm³/mol. The van der Waals surface area contributed by atoms with Crippen LogP contribution in [0.3, 0.4) is 0 Å². The van der Waals surface area contributed by atoms with Crippen LogP contribution in [0.5, 0.6) is 11.5 Å². The minimum atomic E-state index is -0.968. The first kappa shape index (κ1) is 15.5. The molecule has 3 aliphatic carbocycles. The molecule has 0 aromatic heterocycles. The van der Waals surface area contributed by atoms with Crippen molar-refractivity contribution in [2.45, 2.75) is 62.2 Å². The average Bonchev–Trinajstić information content (AvgIpc) is 3.33. The van der Waals surface area contributed by atoms with E-state index in [9.17, 15) is 15.0 Å². The van der Waals surface area contributed by atoms with Crippen LogP contribution in [0.2, 0.25) is 0 Å². The molecule has 1 aromatic rings. The Hall–Kier alpha value is -1.59. The fourth-order valence-corrected chi connectivity index (χ4v) is 6.53. The number of hydrogen-bond donors (Lipinski definition) is 2. The average molecular weight is 355 g/mol. The number of ketones is 1. The lowest BCUT2D eigenvalue weighted by Gasteiger charge is -2.63. The molecule has 1 spiro atoms. The number of phenols is 1. The van der Waals surface area contributed by atoms with Gasteiger partial charge in [0.1, 0.15) is 0 Å². The summed E-state index contributed by atoms with van der Waals surface area (Å²) < 4.78 is 6.11. The lowest BCUT2D eigenvalue weighted by molar-refractivity contribution is -0.196. The standard InChI is InChI=1S/C21H25NO4/c1-11-9-21(25)15-8-13-4-5-14(23)18-16(13)20(21,19(26-18)17(11)24)6-7-22(15)10-12-2-3-12/h4-5,11-12,15,19,23,25H,2-3,6-10H2,1H3/t11-,15+,19-,20-,21?/m0/s1. The van der Waals surface area contributed by atoms with Gasteiger partial charge in [-0.3, -0.25) is 9.69 Å². The fourth-order valence-electron chi connectivity index (χ4n) is 6.53. The molecule has 5 nitrogen and oxygen atoms in total. The number of aliphatic hydroxyl groups is 1. The molecule has 138 valence electrons. The molecular weight excluding hydrogens is 330 g/mol. The summed E-state index contributed by atoms with van der Waals surface area (Å²) in [7, 11) is 0. The van der Waals surface area contributed by atoms with Crippen molar-refractivity contribution in [2.24, 2.45) is 11.8 Å². The Morgan fingerprint density at radius 2 is 2.15 bits per heavy atom. The van der Waals surface area contributed by atoms with Gasteiger partial charge < -0.3 is 14.9 Å². The molecule has 26 heavy (non-hydrogen) atoms. The number of hydrogen-bond acceptors (Lipinski definition) is 5. The van der Waals surface area contributed by atoms with Crippen molar-refractivity contribution in [1.29, 1.82) is 0 Å². The third-order valence-electron chi connectivity index (χ3n) is 7.87. The van der Waals surface area contributed by atoms with Crippen molar-refractivity contribution in [1.82, 2.24) is 4.90 Å². The molecule has 1 unspecified atom stereocenters. The van der Waals surface area contributed by atoms with Crippen LogP contribution in [0.4, 0.5) is 0 Å². The number of benzene rings is 1. The molecule has 2 bridgehead atoms. The summed E-state index contributed by atoms with van der Waals surface area (Å²) >= 11 is 0. The van der Waals surface area contributed by atoms with E-state index in [0.29, 0.717) is 12.2 Å². The molecule has 2 saturated carbocycles. The highest BCUT2D eigenvalue weighted by molar-refractivity contribution is 5.91. The number of carbonyl (C=O) groups excluding carboxylic acids is 1. The van der Waals surface area contributed by atoms with Crippen molar-refractivity contribution in [3.05, 3.63) is 23.3 Å². The van der Waals surface area contributed by atoms with Gasteiger partial charge in [-0.15, -0.1) is 0 Å². The molecule has 2 aliphatic heterocycles. The van der Waals surface area contributed by atoms with Gasteiger partial charge >= 0.3 is 0 Å². The maximum Gasteiger partial charge on any atom is 0.177 e.